The van der Waals surface area contributed by atoms with Crippen molar-refractivity contribution in [1.29, 1.82) is 0 Å². The zero-order chi connectivity index (χ0) is 17.1. The van der Waals surface area contributed by atoms with Crippen LogP contribution in [-0.2, 0) is 9.53 Å². The Morgan fingerprint density at radius 3 is 2.71 bits per heavy atom. The quantitative estimate of drug-likeness (QED) is 0.459. The molecule has 0 aliphatic carbocycles. The Hall–Kier alpha value is -1.32. The molecule has 4 atom stereocenters. The summed E-state index contributed by atoms with van der Waals surface area (Å²) in [6.07, 6.45) is 7.36. The minimum absolute atomic E-state index is 0.0720. The maximum absolute atomic E-state index is 12.6. The average molecular weight is 348 g/mol. The van der Waals surface area contributed by atoms with Crippen molar-refractivity contribution in [3.8, 4) is 0 Å². The lowest BCUT2D eigenvalue weighted by atomic mass is 9.76. The normalized spacial score (nSPS) is 30.0. The SMILES string of the molecule is COC(=O)[C@@H]1C2CCC(C[C@@H]1c1ccc(C)cc1)N2C/C=C/CCl. The summed E-state index contributed by atoms with van der Waals surface area (Å²) in [5.74, 6) is 0.636. The molecule has 2 aliphatic rings. The van der Waals surface area contributed by atoms with E-state index in [1.165, 1.54) is 18.2 Å². The predicted molar refractivity (Wildman–Crippen MR) is 97.4 cm³/mol. The Morgan fingerprint density at radius 2 is 2.04 bits per heavy atom. The van der Waals surface area contributed by atoms with Crippen LogP contribution in [-0.4, -0.2) is 42.5 Å². The molecule has 130 valence electrons. The Bertz CT molecular complexity index is 598. The smallest absolute Gasteiger partial charge is 0.310 e. The number of fused-ring (bicyclic) bond motifs is 2. The molecule has 2 saturated heterocycles. The van der Waals surface area contributed by atoms with Crippen molar-refractivity contribution >= 4 is 17.6 Å². The van der Waals surface area contributed by atoms with Crippen LogP contribution in [0.2, 0.25) is 0 Å². The molecular weight excluding hydrogens is 322 g/mol. The lowest BCUT2D eigenvalue weighted by molar-refractivity contribution is -0.150. The number of esters is 1. The number of hydrogen-bond donors (Lipinski definition) is 0. The molecule has 0 N–H and O–H groups in total. The van der Waals surface area contributed by atoms with E-state index in [1.54, 1.807) is 0 Å². The van der Waals surface area contributed by atoms with Crippen LogP contribution in [0, 0.1) is 12.8 Å². The molecule has 0 saturated carbocycles. The van der Waals surface area contributed by atoms with E-state index in [9.17, 15) is 4.79 Å². The number of benzene rings is 1. The van der Waals surface area contributed by atoms with Crippen LogP contribution in [0.3, 0.4) is 0 Å². The second-order valence-electron chi connectivity index (χ2n) is 6.92. The highest BCUT2D eigenvalue weighted by Crippen LogP contribution is 2.47. The van der Waals surface area contributed by atoms with Gasteiger partial charge in [-0.3, -0.25) is 9.69 Å². The third kappa shape index (κ3) is 3.38. The molecule has 4 heteroatoms. The van der Waals surface area contributed by atoms with Crippen LogP contribution < -0.4 is 0 Å². The molecule has 2 aliphatic heterocycles. The van der Waals surface area contributed by atoms with Gasteiger partial charge in [-0.1, -0.05) is 42.0 Å². The largest absolute Gasteiger partial charge is 0.469 e. The van der Waals surface area contributed by atoms with Crippen LogP contribution in [0.1, 0.15) is 36.3 Å². The van der Waals surface area contributed by atoms with Crippen LogP contribution in [0.5, 0.6) is 0 Å². The van der Waals surface area contributed by atoms with Gasteiger partial charge < -0.3 is 4.74 Å². The number of ether oxygens (including phenoxy) is 1. The summed E-state index contributed by atoms with van der Waals surface area (Å²) in [7, 11) is 1.51. The molecule has 2 unspecified atom stereocenters. The van der Waals surface area contributed by atoms with Gasteiger partial charge in [-0.2, -0.15) is 0 Å². The number of methoxy groups -OCH3 is 1. The van der Waals surface area contributed by atoms with Crippen molar-refractivity contribution in [3.63, 3.8) is 0 Å². The molecular formula is C20H26ClNO2. The molecule has 3 nitrogen and oxygen atoms in total. The van der Waals surface area contributed by atoms with Gasteiger partial charge in [-0.05, 0) is 31.7 Å². The summed E-state index contributed by atoms with van der Waals surface area (Å²) < 4.78 is 5.19. The highest BCUT2D eigenvalue weighted by Gasteiger charge is 2.50. The first-order valence-electron chi connectivity index (χ1n) is 8.76. The van der Waals surface area contributed by atoms with Crippen LogP contribution in [0.15, 0.2) is 36.4 Å². The zero-order valence-corrected chi connectivity index (χ0v) is 15.2. The average Bonchev–Trinajstić information content (AvgIpc) is 2.87. The number of allylic oxidation sites excluding steroid dienone is 1. The Morgan fingerprint density at radius 1 is 1.29 bits per heavy atom. The van der Waals surface area contributed by atoms with E-state index >= 15 is 0 Å². The van der Waals surface area contributed by atoms with E-state index in [0.29, 0.717) is 11.9 Å². The van der Waals surface area contributed by atoms with Gasteiger partial charge in [-0.15, -0.1) is 11.6 Å². The molecule has 3 rings (SSSR count). The molecule has 2 heterocycles. The van der Waals surface area contributed by atoms with E-state index in [-0.39, 0.29) is 23.8 Å². The molecule has 24 heavy (non-hydrogen) atoms. The van der Waals surface area contributed by atoms with E-state index in [2.05, 4.69) is 42.2 Å². The molecule has 0 radical (unpaired) electrons. The first kappa shape index (κ1) is 17.5. The fraction of sp³-hybridized carbons (Fsp3) is 0.550. The fourth-order valence-corrected chi connectivity index (χ4v) is 4.60. The fourth-order valence-electron chi connectivity index (χ4n) is 4.47. The number of piperidine rings is 1. The standard InChI is InChI=1S/C20H26ClNO2/c1-14-5-7-15(8-6-14)17-13-16-9-10-18(19(17)20(23)24-2)22(16)12-4-3-11-21/h3-8,16-19H,9-13H2,1-2H3/b4-3+/t16?,17-,18?,19+/m1/s1. The lowest BCUT2D eigenvalue weighted by Crippen LogP contribution is -2.50. The van der Waals surface area contributed by atoms with Crippen molar-refractivity contribution < 1.29 is 9.53 Å². The molecule has 1 aromatic carbocycles. The van der Waals surface area contributed by atoms with Gasteiger partial charge in [-0.25, -0.2) is 0 Å². The highest BCUT2D eigenvalue weighted by molar-refractivity contribution is 6.18. The number of carbonyl (C=O) groups is 1. The number of rotatable bonds is 5. The van der Waals surface area contributed by atoms with Crippen LogP contribution >= 0.6 is 11.6 Å². The monoisotopic (exact) mass is 347 g/mol. The summed E-state index contributed by atoms with van der Waals surface area (Å²) in [6, 6.07) is 9.45. The van der Waals surface area contributed by atoms with Crippen molar-refractivity contribution in [2.45, 2.75) is 44.2 Å². The number of hydrogen-bond acceptors (Lipinski definition) is 3. The number of carbonyl (C=O) groups excluding carboxylic acids is 1. The maximum Gasteiger partial charge on any atom is 0.310 e. The van der Waals surface area contributed by atoms with Gasteiger partial charge in [0.25, 0.3) is 0 Å². The van der Waals surface area contributed by atoms with Crippen molar-refractivity contribution in [1.82, 2.24) is 4.90 Å². The van der Waals surface area contributed by atoms with Gasteiger partial charge in [0.15, 0.2) is 0 Å². The minimum atomic E-state index is -0.0825. The third-order valence-electron chi connectivity index (χ3n) is 5.62. The van der Waals surface area contributed by atoms with Gasteiger partial charge in [0.1, 0.15) is 0 Å². The first-order chi connectivity index (χ1) is 11.7. The summed E-state index contributed by atoms with van der Waals surface area (Å²) >= 11 is 5.75. The predicted octanol–water partition coefficient (Wildman–Crippen LogP) is 3.90. The number of nitrogens with zero attached hydrogens (tertiary/aromatic N) is 1. The summed E-state index contributed by atoms with van der Waals surface area (Å²) in [5.41, 5.74) is 2.52. The Labute approximate surface area is 149 Å². The number of alkyl halides is 1. The van der Waals surface area contributed by atoms with Crippen molar-refractivity contribution in [2.24, 2.45) is 5.92 Å². The molecule has 0 aromatic heterocycles. The maximum atomic E-state index is 12.6. The van der Waals surface area contributed by atoms with E-state index in [1.807, 2.05) is 6.08 Å². The molecule has 1 aromatic rings. The highest BCUT2D eigenvalue weighted by atomic mass is 35.5. The third-order valence-corrected chi connectivity index (χ3v) is 5.79. The van der Waals surface area contributed by atoms with Gasteiger partial charge in [0, 0.05) is 30.4 Å². The minimum Gasteiger partial charge on any atom is -0.469 e. The second-order valence-corrected chi connectivity index (χ2v) is 7.23. The molecule has 2 fully saturated rings. The van der Waals surface area contributed by atoms with Gasteiger partial charge >= 0.3 is 5.97 Å². The summed E-state index contributed by atoms with van der Waals surface area (Å²) in [5, 5.41) is 0. The zero-order valence-electron chi connectivity index (χ0n) is 14.5. The van der Waals surface area contributed by atoms with Crippen molar-refractivity contribution in [3.05, 3.63) is 47.5 Å². The van der Waals surface area contributed by atoms with Gasteiger partial charge in [0.2, 0.25) is 0 Å². The van der Waals surface area contributed by atoms with Crippen LogP contribution in [0.4, 0.5) is 0 Å². The lowest BCUT2D eigenvalue weighted by Gasteiger charge is -2.43. The first-order valence-corrected chi connectivity index (χ1v) is 9.30. The molecule has 0 amide bonds. The van der Waals surface area contributed by atoms with E-state index in [0.717, 1.165) is 25.8 Å². The van der Waals surface area contributed by atoms with E-state index < -0.39 is 0 Å². The van der Waals surface area contributed by atoms with Gasteiger partial charge in [0.05, 0.1) is 13.0 Å². The topological polar surface area (TPSA) is 29.5 Å². The Balaban J connectivity index is 1.87. The van der Waals surface area contributed by atoms with E-state index in [4.69, 9.17) is 16.3 Å². The second kappa shape index (κ2) is 7.71. The number of halogens is 1. The Kier molecular flexibility index (Phi) is 5.62. The summed E-state index contributed by atoms with van der Waals surface area (Å²) in [6.45, 7) is 2.97. The summed E-state index contributed by atoms with van der Waals surface area (Å²) in [4.78, 5) is 15.1. The number of aryl methyl sites for hydroxylation is 1. The molecule has 0 spiro atoms. The van der Waals surface area contributed by atoms with Crippen LogP contribution in [0.25, 0.3) is 0 Å². The molecule has 2 bridgehead atoms. The van der Waals surface area contributed by atoms with Crippen molar-refractivity contribution in [2.75, 3.05) is 19.5 Å².